The second kappa shape index (κ2) is 4.64. The number of halogens is 1. The first-order valence-corrected chi connectivity index (χ1v) is 5.79. The number of rotatable bonds is 3. The molecule has 0 bridgehead atoms. The lowest BCUT2D eigenvalue weighted by Gasteiger charge is -2.06. The molecule has 0 atom stereocenters. The van der Waals surface area contributed by atoms with E-state index in [9.17, 15) is 4.39 Å². The first kappa shape index (κ1) is 11.6. The average Bonchev–Trinajstić information content (AvgIpc) is 2.81. The largest absolute Gasteiger partial charge is 0.389 e. The molecule has 5 nitrogen and oxygen atoms in total. The third-order valence-electron chi connectivity index (χ3n) is 2.73. The maximum Gasteiger partial charge on any atom is 0.219 e. The van der Waals surface area contributed by atoms with E-state index >= 15 is 0 Å². The van der Waals surface area contributed by atoms with Gasteiger partial charge in [-0.1, -0.05) is 17.0 Å². The van der Waals surface area contributed by atoms with Crippen molar-refractivity contribution in [2.24, 2.45) is 0 Å². The highest BCUT2D eigenvalue weighted by molar-refractivity contribution is 5.68. The topological polar surface area (TPSA) is 52.8 Å². The van der Waals surface area contributed by atoms with Crippen molar-refractivity contribution in [3.63, 3.8) is 0 Å². The highest BCUT2D eigenvalue weighted by Crippen LogP contribution is 2.11. The van der Waals surface area contributed by atoms with Crippen molar-refractivity contribution in [2.75, 3.05) is 0 Å². The van der Waals surface area contributed by atoms with Gasteiger partial charge in [0.15, 0.2) is 0 Å². The maximum atomic E-state index is 13.7. The predicted octanol–water partition coefficient (Wildman–Crippen LogP) is 1.90. The van der Waals surface area contributed by atoms with E-state index in [-0.39, 0.29) is 12.4 Å². The SMILES string of the molecule is Cc1ccc(COn2nnc3cccnc32)c(F)c1. The number of fused-ring (bicyclic) bond motifs is 1. The fourth-order valence-corrected chi connectivity index (χ4v) is 1.73. The molecule has 0 aliphatic rings. The molecule has 96 valence electrons. The van der Waals surface area contributed by atoms with E-state index < -0.39 is 0 Å². The Morgan fingerprint density at radius 2 is 2.21 bits per heavy atom. The number of hydrogen-bond acceptors (Lipinski definition) is 4. The Bertz CT molecular complexity index is 725. The van der Waals surface area contributed by atoms with Crippen LogP contribution in [0.3, 0.4) is 0 Å². The third-order valence-corrected chi connectivity index (χ3v) is 2.73. The molecule has 0 spiro atoms. The van der Waals surface area contributed by atoms with Gasteiger partial charge in [0.1, 0.15) is 17.9 Å². The van der Waals surface area contributed by atoms with Crippen LogP contribution < -0.4 is 4.84 Å². The molecule has 3 rings (SSSR count). The highest BCUT2D eigenvalue weighted by Gasteiger charge is 2.08. The zero-order valence-electron chi connectivity index (χ0n) is 10.2. The molecule has 6 heteroatoms. The van der Waals surface area contributed by atoms with E-state index in [0.717, 1.165) is 5.56 Å². The number of hydrogen-bond donors (Lipinski definition) is 0. The molecule has 0 aliphatic heterocycles. The zero-order chi connectivity index (χ0) is 13.2. The van der Waals surface area contributed by atoms with Crippen LogP contribution in [-0.2, 0) is 6.61 Å². The molecule has 3 aromatic rings. The first-order valence-electron chi connectivity index (χ1n) is 5.79. The summed E-state index contributed by atoms with van der Waals surface area (Å²) in [4.78, 5) is 10.7. The van der Waals surface area contributed by atoms with Crippen LogP contribution in [-0.4, -0.2) is 20.1 Å². The van der Waals surface area contributed by atoms with Crippen LogP contribution in [0.15, 0.2) is 36.5 Å². The summed E-state index contributed by atoms with van der Waals surface area (Å²) in [5.41, 5.74) is 2.47. The van der Waals surface area contributed by atoms with Crippen LogP contribution in [0.5, 0.6) is 0 Å². The van der Waals surface area contributed by atoms with Crippen LogP contribution in [0.25, 0.3) is 11.2 Å². The summed E-state index contributed by atoms with van der Waals surface area (Å²) in [7, 11) is 0. The summed E-state index contributed by atoms with van der Waals surface area (Å²) in [6.45, 7) is 1.91. The monoisotopic (exact) mass is 258 g/mol. The van der Waals surface area contributed by atoms with E-state index in [1.807, 2.05) is 13.0 Å². The van der Waals surface area contributed by atoms with Crippen molar-refractivity contribution in [1.29, 1.82) is 0 Å². The van der Waals surface area contributed by atoms with Gasteiger partial charge in [0, 0.05) is 11.8 Å². The van der Waals surface area contributed by atoms with Gasteiger partial charge < -0.3 is 4.84 Å². The number of pyridine rings is 1. The Morgan fingerprint density at radius 3 is 3.05 bits per heavy atom. The molecule has 0 amide bonds. The van der Waals surface area contributed by atoms with Gasteiger partial charge in [-0.25, -0.2) is 9.37 Å². The number of nitrogens with zero attached hydrogens (tertiary/aromatic N) is 4. The molecule has 0 saturated heterocycles. The molecule has 19 heavy (non-hydrogen) atoms. The van der Waals surface area contributed by atoms with Crippen LogP contribution >= 0.6 is 0 Å². The van der Waals surface area contributed by atoms with Gasteiger partial charge in [-0.05, 0) is 35.9 Å². The first-order chi connectivity index (χ1) is 9.24. The van der Waals surface area contributed by atoms with Gasteiger partial charge in [-0.3, -0.25) is 0 Å². The molecular weight excluding hydrogens is 247 g/mol. The van der Waals surface area contributed by atoms with Crippen LogP contribution in [0.1, 0.15) is 11.1 Å². The summed E-state index contributed by atoms with van der Waals surface area (Å²) in [6.07, 6.45) is 1.62. The number of aromatic nitrogens is 4. The van der Waals surface area contributed by atoms with Crippen molar-refractivity contribution in [3.8, 4) is 0 Å². The number of aryl methyl sites for hydroxylation is 1. The lowest BCUT2D eigenvalue weighted by atomic mass is 10.1. The van der Waals surface area contributed by atoms with Gasteiger partial charge in [0.25, 0.3) is 0 Å². The molecule has 0 unspecified atom stereocenters. The summed E-state index contributed by atoms with van der Waals surface area (Å²) in [5.74, 6) is -0.294. The second-order valence-electron chi connectivity index (χ2n) is 4.18. The van der Waals surface area contributed by atoms with Gasteiger partial charge in [0.05, 0.1) is 0 Å². The van der Waals surface area contributed by atoms with Gasteiger partial charge in [0.2, 0.25) is 5.65 Å². The molecular formula is C13H11FN4O. The molecule has 0 radical (unpaired) electrons. The molecule has 0 N–H and O–H groups in total. The molecule has 2 heterocycles. The normalized spacial score (nSPS) is 10.8. The van der Waals surface area contributed by atoms with E-state index in [0.29, 0.717) is 16.7 Å². The summed E-state index contributed by atoms with van der Waals surface area (Å²) < 4.78 is 13.7. The molecule has 1 aromatic carbocycles. The average molecular weight is 258 g/mol. The maximum absolute atomic E-state index is 13.7. The Morgan fingerprint density at radius 1 is 1.32 bits per heavy atom. The predicted molar refractivity (Wildman–Crippen MR) is 66.7 cm³/mol. The van der Waals surface area contributed by atoms with E-state index in [4.69, 9.17) is 4.84 Å². The van der Waals surface area contributed by atoms with Gasteiger partial charge in [-0.15, -0.1) is 5.10 Å². The van der Waals surface area contributed by atoms with Crippen molar-refractivity contribution < 1.29 is 9.23 Å². The molecule has 0 aliphatic carbocycles. The van der Waals surface area contributed by atoms with Gasteiger partial charge >= 0.3 is 0 Å². The second-order valence-corrected chi connectivity index (χ2v) is 4.18. The smallest absolute Gasteiger partial charge is 0.219 e. The third kappa shape index (κ3) is 2.24. The van der Waals surface area contributed by atoms with Crippen molar-refractivity contribution in [2.45, 2.75) is 13.5 Å². The van der Waals surface area contributed by atoms with E-state index in [2.05, 4.69) is 15.3 Å². The Labute approximate surface area is 108 Å². The fraction of sp³-hybridized carbons (Fsp3) is 0.154. The number of benzene rings is 1. The molecule has 0 fully saturated rings. The molecule has 0 saturated carbocycles. The summed E-state index contributed by atoms with van der Waals surface area (Å²) in [6, 6.07) is 8.54. The minimum atomic E-state index is -0.294. The fourth-order valence-electron chi connectivity index (χ4n) is 1.73. The highest BCUT2D eigenvalue weighted by atomic mass is 19.1. The Balaban J connectivity index is 1.82. The Kier molecular flexibility index (Phi) is 2.83. The molecule has 2 aromatic heterocycles. The summed E-state index contributed by atoms with van der Waals surface area (Å²) >= 11 is 0. The van der Waals surface area contributed by atoms with Crippen LogP contribution in [0, 0.1) is 12.7 Å². The van der Waals surface area contributed by atoms with Gasteiger partial charge in [-0.2, -0.15) is 0 Å². The quantitative estimate of drug-likeness (QED) is 0.720. The lowest BCUT2D eigenvalue weighted by Crippen LogP contribution is -2.14. The van der Waals surface area contributed by atoms with Crippen molar-refractivity contribution in [1.82, 2.24) is 20.1 Å². The van der Waals surface area contributed by atoms with Crippen LogP contribution in [0.4, 0.5) is 4.39 Å². The van der Waals surface area contributed by atoms with E-state index in [1.165, 1.54) is 10.9 Å². The van der Waals surface area contributed by atoms with Crippen molar-refractivity contribution in [3.05, 3.63) is 53.5 Å². The van der Waals surface area contributed by atoms with Crippen molar-refractivity contribution >= 4 is 11.2 Å². The van der Waals surface area contributed by atoms with Crippen LogP contribution in [0.2, 0.25) is 0 Å². The minimum Gasteiger partial charge on any atom is -0.389 e. The summed E-state index contributed by atoms with van der Waals surface area (Å²) in [5, 5.41) is 7.72. The zero-order valence-corrected chi connectivity index (χ0v) is 10.2. The standard InChI is InChI=1S/C13H11FN4O/c1-9-4-5-10(11(14)7-9)8-19-18-13-12(16-17-18)3-2-6-15-13/h2-7H,8H2,1H3. The lowest BCUT2D eigenvalue weighted by molar-refractivity contribution is 0.0722. The Hall–Kier alpha value is -2.50. The van der Waals surface area contributed by atoms with E-state index in [1.54, 1.807) is 24.4 Å². The minimum absolute atomic E-state index is 0.0706.